The smallest absolute Gasteiger partial charge is 0.101 e. The number of aromatic nitrogens is 3. The zero-order valence-electron chi connectivity index (χ0n) is 22.5. The van der Waals surface area contributed by atoms with Crippen molar-refractivity contribution >= 4 is 38.1 Å². The first-order valence-electron chi connectivity index (χ1n) is 14.4. The maximum Gasteiger partial charge on any atom is 0.101 e. The molecular weight excluding hydrogens is 498 g/mol. The summed E-state index contributed by atoms with van der Waals surface area (Å²) in [5, 5.41) is 10.5. The predicted molar refractivity (Wildman–Crippen MR) is 170 cm³/mol. The molecule has 9 rings (SSSR count). The van der Waals surface area contributed by atoms with Gasteiger partial charge in [-0.2, -0.15) is 5.10 Å². The van der Waals surface area contributed by atoms with Gasteiger partial charge in [0.2, 0.25) is 0 Å². The number of rotatable bonds is 4. The van der Waals surface area contributed by atoms with Crippen LogP contribution in [-0.2, 0) is 0 Å². The van der Waals surface area contributed by atoms with Crippen LogP contribution < -0.4 is 0 Å². The third-order valence-electron chi connectivity index (χ3n) is 8.67. The van der Waals surface area contributed by atoms with Crippen LogP contribution in [0, 0.1) is 0 Å². The highest BCUT2D eigenvalue weighted by atomic mass is 15.2. The molecule has 0 aliphatic heterocycles. The molecule has 5 aromatic carbocycles. The molecule has 1 aliphatic carbocycles. The number of para-hydroxylation sites is 2. The minimum Gasteiger partial charge on any atom is -0.309 e. The molecule has 0 spiro atoms. The number of benzene rings is 5. The zero-order valence-corrected chi connectivity index (χ0v) is 22.5. The number of nitrogens with zero attached hydrogens (tertiary/aromatic N) is 3. The first-order valence-corrected chi connectivity index (χ1v) is 14.4. The average Bonchev–Trinajstić information content (AvgIpc) is 3.72. The minimum atomic E-state index is 0.574. The lowest BCUT2D eigenvalue weighted by atomic mass is 9.96. The summed E-state index contributed by atoms with van der Waals surface area (Å²) < 4.78 is 4.63. The Hall–Kier alpha value is -5.15. The summed E-state index contributed by atoms with van der Waals surface area (Å²) in [7, 11) is 0. The fourth-order valence-corrected chi connectivity index (χ4v) is 6.64. The van der Waals surface area contributed by atoms with Crippen molar-refractivity contribution in [2.45, 2.75) is 18.8 Å². The number of pyridine rings is 1. The van der Waals surface area contributed by atoms with E-state index < -0.39 is 0 Å². The van der Waals surface area contributed by atoms with Crippen LogP contribution in [0.25, 0.3) is 66.2 Å². The lowest BCUT2D eigenvalue weighted by Crippen LogP contribution is -1.98. The standard InChI is InChI=1S/C38H27N3/c1-3-11-26(12-4-1)36-37(39-41-35(25-19-20-25)24-27-13-7-8-16-30(27)38(36)41)28-21-22-34-32(23-28)31-17-9-10-18-33(31)40(34)29-14-5-2-6-15-29/h1-18,21-25H,19-20H2. The van der Waals surface area contributed by atoms with Gasteiger partial charge in [0.05, 0.1) is 16.6 Å². The van der Waals surface area contributed by atoms with E-state index in [1.165, 1.54) is 73.4 Å². The van der Waals surface area contributed by atoms with Crippen molar-refractivity contribution in [3.63, 3.8) is 0 Å². The van der Waals surface area contributed by atoms with Crippen molar-refractivity contribution < 1.29 is 0 Å². The molecule has 3 heteroatoms. The van der Waals surface area contributed by atoms with Gasteiger partial charge in [-0.15, -0.1) is 0 Å². The molecule has 0 saturated heterocycles. The number of hydrogen-bond donors (Lipinski definition) is 0. The van der Waals surface area contributed by atoms with E-state index in [0.29, 0.717) is 5.92 Å². The van der Waals surface area contributed by atoms with Gasteiger partial charge >= 0.3 is 0 Å². The molecule has 41 heavy (non-hydrogen) atoms. The fourth-order valence-electron chi connectivity index (χ4n) is 6.64. The Morgan fingerprint density at radius 1 is 0.561 bits per heavy atom. The van der Waals surface area contributed by atoms with Gasteiger partial charge in [-0.1, -0.05) is 97.1 Å². The van der Waals surface area contributed by atoms with Gasteiger partial charge in [0, 0.05) is 44.6 Å². The monoisotopic (exact) mass is 525 g/mol. The van der Waals surface area contributed by atoms with E-state index in [1.807, 2.05) is 0 Å². The van der Waals surface area contributed by atoms with E-state index in [2.05, 4.69) is 143 Å². The maximum atomic E-state index is 5.43. The third kappa shape index (κ3) is 3.42. The summed E-state index contributed by atoms with van der Waals surface area (Å²) in [5.74, 6) is 0.574. The largest absolute Gasteiger partial charge is 0.309 e. The maximum absolute atomic E-state index is 5.43. The molecule has 3 nitrogen and oxygen atoms in total. The number of hydrogen-bond acceptors (Lipinski definition) is 1. The Balaban J connectivity index is 1.39. The van der Waals surface area contributed by atoms with Crippen molar-refractivity contribution in [2.75, 3.05) is 0 Å². The summed E-state index contributed by atoms with van der Waals surface area (Å²) in [6.07, 6.45) is 2.46. The van der Waals surface area contributed by atoms with Crippen LogP contribution in [0.15, 0.2) is 133 Å². The Labute approximate surface area is 237 Å². The molecule has 0 atom stereocenters. The Morgan fingerprint density at radius 3 is 2.05 bits per heavy atom. The Kier molecular flexibility index (Phi) is 4.79. The molecule has 1 fully saturated rings. The van der Waals surface area contributed by atoms with E-state index in [4.69, 9.17) is 5.10 Å². The second-order valence-electron chi connectivity index (χ2n) is 11.2. The van der Waals surface area contributed by atoms with E-state index in [1.54, 1.807) is 0 Å². The Bertz CT molecular complexity index is 2250. The third-order valence-corrected chi connectivity index (χ3v) is 8.67. The van der Waals surface area contributed by atoms with Gasteiger partial charge in [0.25, 0.3) is 0 Å². The summed E-state index contributed by atoms with van der Waals surface area (Å²) in [5.41, 5.74) is 10.7. The van der Waals surface area contributed by atoms with Gasteiger partial charge < -0.3 is 4.57 Å². The summed E-state index contributed by atoms with van der Waals surface area (Å²) in [6, 6.07) is 48.2. The van der Waals surface area contributed by atoms with Gasteiger partial charge in [-0.05, 0) is 60.2 Å². The molecule has 194 valence electrons. The quantitative estimate of drug-likeness (QED) is 0.224. The molecule has 3 heterocycles. The topological polar surface area (TPSA) is 22.2 Å². The number of fused-ring (bicyclic) bond motifs is 6. The van der Waals surface area contributed by atoms with Crippen LogP contribution in [0.1, 0.15) is 24.5 Å². The molecular formula is C38H27N3. The zero-order chi connectivity index (χ0) is 26.9. The van der Waals surface area contributed by atoms with Gasteiger partial charge in [-0.25, -0.2) is 4.52 Å². The molecule has 0 radical (unpaired) electrons. The van der Waals surface area contributed by atoms with Crippen molar-refractivity contribution in [1.29, 1.82) is 0 Å². The summed E-state index contributed by atoms with van der Waals surface area (Å²) in [4.78, 5) is 0. The van der Waals surface area contributed by atoms with Crippen LogP contribution >= 0.6 is 0 Å². The SMILES string of the molecule is c1ccc(-c2c(-c3ccc4c(c3)c3ccccc3n4-c3ccccc3)nn3c(C4CC4)cc4ccccc4c23)cc1. The highest BCUT2D eigenvalue weighted by molar-refractivity contribution is 6.12. The molecule has 1 aliphatic rings. The van der Waals surface area contributed by atoms with Crippen LogP contribution in [0.3, 0.4) is 0 Å². The van der Waals surface area contributed by atoms with Crippen LogP contribution in [0.5, 0.6) is 0 Å². The molecule has 1 saturated carbocycles. The van der Waals surface area contributed by atoms with Crippen LogP contribution in [-0.4, -0.2) is 14.2 Å². The summed E-state index contributed by atoms with van der Waals surface area (Å²) in [6.45, 7) is 0. The highest BCUT2D eigenvalue weighted by Gasteiger charge is 2.29. The first kappa shape index (κ1) is 22.6. The van der Waals surface area contributed by atoms with Crippen molar-refractivity contribution in [1.82, 2.24) is 14.2 Å². The van der Waals surface area contributed by atoms with Crippen molar-refractivity contribution in [3.8, 4) is 28.1 Å². The highest BCUT2D eigenvalue weighted by Crippen LogP contribution is 2.46. The normalized spacial score (nSPS) is 13.6. The first-order chi connectivity index (χ1) is 20.3. The second kappa shape index (κ2) is 8.67. The fraction of sp³-hybridized carbons (Fsp3) is 0.0789. The summed E-state index contributed by atoms with van der Waals surface area (Å²) >= 11 is 0. The average molecular weight is 526 g/mol. The van der Waals surface area contributed by atoms with E-state index in [9.17, 15) is 0 Å². The lowest BCUT2D eigenvalue weighted by Gasteiger charge is -2.10. The second-order valence-corrected chi connectivity index (χ2v) is 11.2. The molecule has 0 unspecified atom stereocenters. The van der Waals surface area contributed by atoms with E-state index >= 15 is 0 Å². The molecule has 0 amide bonds. The molecule has 3 aromatic heterocycles. The van der Waals surface area contributed by atoms with Crippen molar-refractivity contribution in [2.24, 2.45) is 0 Å². The van der Waals surface area contributed by atoms with Gasteiger partial charge in [0.1, 0.15) is 5.69 Å². The van der Waals surface area contributed by atoms with Gasteiger partial charge in [-0.3, -0.25) is 0 Å². The lowest BCUT2D eigenvalue weighted by molar-refractivity contribution is 0.866. The predicted octanol–water partition coefficient (Wildman–Crippen LogP) is 9.80. The van der Waals surface area contributed by atoms with Crippen LogP contribution in [0.4, 0.5) is 0 Å². The van der Waals surface area contributed by atoms with Crippen LogP contribution in [0.2, 0.25) is 0 Å². The Morgan fingerprint density at radius 2 is 1.24 bits per heavy atom. The van der Waals surface area contributed by atoms with E-state index in [-0.39, 0.29) is 0 Å². The molecule has 0 bridgehead atoms. The molecule has 0 N–H and O–H groups in total. The minimum absolute atomic E-state index is 0.574. The van der Waals surface area contributed by atoms with Gasteiger partial charge in [0.15, 0.2) is 0 Å². The van der Waals surface area contributed by atoms with Crippen molar-refractivity contribution in [3.05, 3.63) is 139 Å². The molecule has 8 aromatic rings. The van der Waals surface area contributed by atoms with E-state index in [0.717, 1.165) is 11.3 Å².